The molecule has 1 aromatic rings. The highest BCUT2D eigenvalue weighted by Crippen LogP contribution is 2.28. The Balaban J connectivity index is 2.41. The third-order valence-electron chi connectivity index (χ3n) is 2.47. The molecule has 1 heterocycles. The lowest BCUT2D eigenvalue weighted by atomic mass is 10.1. The maximum absolute atomic E-state index is 11.7. The van der Waals surface area contributed by atoms with Gasteiger partial charge in [0.05, 0.1) is 11.3 Å². The molecule has 0 radical (unpaired) electrons. The average molecular weight is 236 g/mol. The monoisotopic (exact) mass is 235 g/mol. The van der Waals surface area contributed by atoms with Crippen LogP contribution < -0.4 is 4.90 Å². The second kappa shape index (κ2) is 4.10. The minimum absolute atomic E-state index is 0.352. The Morgan fingerprint density at radius 3 is 2.75 bits per heavy atom. The summed E-state index contributed by atoms with van der Waals surface area (Å²) in [5.41, 5.74) is 3.38. The molecule has 1 amide bonds. The molecule has 1 aliphatic rings. The van der Waals surface area contributed by atoms with Crippen LogP contribution in [0.4, 0.5) is 5.69 Å². The van der Waals surface area contributed by atoms with Crippen LogP contribution in [-0.4, -0.2) is 18.2 Å². The van der Waals surface area contributed by atoms with Gasteiger partial charge in [-0.15, -0.1) is 0 Å². The Labute approximate surface area is 98.3 Å². The fourth-order valence-corrected chi connectivity index (χ4v) is 1.76. The zero-order valence-electron chi connectivity index (χ0n) is 8.74. The number of hydrogen-bond donors (Lipinski definition) is 0. The van der Waals surface area contributed by atoms with Gasteiger partial charge in [0.2, 0.25) is 0 Å². The topological polar surface area (TPSA) is 37.4 Å². The normalized spacial score (nSPS) is 15.6. The van der Waals surface area contributed by atoms with Crippen molar-refractivity contribution in [2.45, 2.75) is 6.92 Å². The summed E-state index contributed by atoms with van der Waals surface area (Å²) < 4.78 is 0. The maximum Gasteiger partial charge on any atom is 0.299 e. The lowest BCUT2D eigenvalue weighted by Crippen LogP contribution is -2.31. The van der Waals surface area contributed by atoms with Crippen LogP contribution in [0.2, 0.25) is 0 Å². The number of carbonyl (C=O) groups is 2. The van der Waals surface area contributed by atoms with E-state index in [4.69, 9.17) is 11.6 Å². The van der Waals surface area contributed by atoms with Gasteiger partial charge in [-0.25, -0.2) is 0 Å². The zero-order chi connectivity index (χ0) is 11.7. The molecule has 82 valence electrons. The van der Waals surface area contributed by atoms with E-state index in [1.807, 2.05) is 6.92 Å². The number of Topliss-reactive ketones (excluding diaryl/α,β-unsaturated/α-hetero) is 1. The van der Waals surface area contributed by atoms with Crippen molar-refractivity contribution >= 4 is 29.0 Å². The van der Waals surface area contributed by atoms with Gasteiger partial charge in [-0.3, -0.25) is 9.59 Å². The van der Waals surface area contributed by atoms with Crippen LogP contribution in [0.5, 0.6) is 0 Å². The number of para-hydroxylation sites is 1. The first-order valence-corrected chi connectivity index (χ1v) is 5.30. The van der Waals surface area contributed by atoms with Gasteiger partial charge in [0.25, 0.3) is 11.7 Å². The number of fused-ring (bicyclic) bond motifs is 1. The molecule has 0 saturated heterocycles. The highest BCUT2D eigenvalue weighted by molar-refractivity contribution is 6.52. The summed E-state index contributed by atoms with van der Waals surface area (Å²) in [7, 11) is 0. The number of anilines is 1. The first kappa shape index (κ1) is 10.9. The number of hydrogen-bond acceptors (Lipinski definition) is 2. The van der Waals surface area contributed by atoms with E-state index in [-0.39, 0.29) is 0 Å². The van der Waals surface area contributed by atoms with E-state index in [0.717, 1.165) is 5.57 Å². The van der Waals surface area contributed by atoms with Crippen LogP contribution >= 0.6 is 11.6 Å². The van der Waals surface area contributed by atoms with E-state index in [9.17, 15) is 9.59 Å². The van der Waals surface area contributed by atoms with Crippen molar-refractivity contribution in [3.8, 4) is 0 Å². The molecule has 0 bridgehead atoms. The van der Waals surface area contributed by atoms with Crippen molar-refractivity contribution < 1.29 is 9.59 Å². The Hall–Kier alpha value is -1.61. The van der Waals surface area contributed by atoms with Gasteiger partial charge < -0.3 is 4.90 Å². The van der Waals surface area contributed by atoms with Crippen molar-refractivity contribution in [2.24, 2.45) is 0 Å². The van der Waals surface area contributed by atoms with E-state index in [1.165, 1.54) is 10.4 Å². The summed E-state index contributed by atoms with van der Waals surface area (Å²) in [6, 6.07) is 6.98. The van der Waals surface area contributed by atoms with Crippen molar-refractivity contribution in [1.82, 2.24) is 0 Å². The molecule has 0 N–H and O–H groups in total. The summed E-state index contributed by atoms with van der Waals surface area (Å²) in [6.45, 7) is 2.16. The summed E-state index contributed by atoms with van der Waals surface area (Å²) in [4.78, 5) is 24.8. The Morgan fingerprint density at radius 2 is 2.06 bits per heavy atom. The molecule has 1 aliphatic heterocycles. The summed E-state index contributed by atoms with van der Waals surface area (Å²) in [5.74, 6) is -0.933. The van der Waals surface area contributed by atoms with E-state index in [2.05, 4.69) is 0 Å². The molecule has 1 aromatic carbocycles. The number of carbonyl (C=O) groups excluding carboxylic acids is 2. The molecular weight excluding hydrogens is 226 g/mol. The predicted octanol–water partition coefficient (Wildman–Crippen LogP) is 2.36. The Bertz CT molecular complexity index is 494. The lowest BCUT2D eigenvalue weighted by molar-refractivity contribution is -0.114. The number of rotatable bonds is 2. The van der Waals surface area contributed by atoms with E-state index >= 15 is 0 Å². The largest absolute Gasteiger partial charge is 0.301 e. The first-order chi connectivity index (χ1) is 7.65. The predicted molar refractivity (Wildman–Crippen MR) is 62.7 cm³/mol. The molecule has 0 aromatic heterocycles. The summed E-state index contributed by atoms with van der Waals surface area (Å²) in [5, 5.41) is 0. The number of nitrogens with zero attached hydrogens (tertiary/aromatic N) is 1. The second-order valence-electron chi connectivity index (χ2n) is 3.69. The summed E-state index contributed by atoms with van der Waals surface area (Å²) >= 11 is 5.56. The molecule has 0 aliphatic carbocycles. The Kier molecular flexibility index (Phi) is 2.79. The Morgan fingerprint density at radius 1 is 1.38 bits per heavy atom. The standard InChI is InChI=1S/C12H10ClNO2/c1-8(6-13)7-14-10-5-3-2-4-9(10)11(15)12(14)16/h2-6H,7H2,1H3/b8-6-. The van der Waals surface area contributed by atoms with Crippen LogP contribution in [0.15, 0.2) is 35.4 Å². The molecule has 2 rings (SSSR count). The molecule has 4 heteroatoms. The maximum atomic E-state index is 11.7. The van der Waals surface area contributed by atoms with Crippen molar-refractivity contribution in [1.29, 1.82) is 0 Å². The third kappa shape index (κ3) is 1.63. The molecule has 0 spiro atoms. The van der Waals surface area contributed by atoms with Gasteiger partial charge in [0, 0.05) is 12.1 Å². The first-order valence-electron chi connectivity index (χ1n) is 4.86. The highest BCUT2D eigenvalue weighted by atomic mass is 35.5. The molecule has 0 atom stereocenters. The lowest BCUT2D eigenvalue weighted by Gasteiger charge is -2.16. The third-order valence-corrected chi connectivity index (χ3v) is 2.85. The molecule has 0 saturated carbocycles. The van der Waals surface area contributed by atoms with E-state index in [0.29, 0.717) is 17.8 Å². The molecule has 0 unspecified atom stereocenters. The van der Waals surface area contributed by atoms with Crippen molar-refractivity contribution in [3.05, 3.63) is 40.9 Å². The second-order valence-corrected chi connectivity index (χ2v) is 3.91. The van der Waals surface area contributed by atoms with Gasteiger partial charge >= 0.3 is 0 Å². The van der Waals surface area contributed by atoms with Crippen molar-refractivity contribution in [2.75, 3.05) is 11.4 Å². The van der Waals surface area contributed by atoms with Crippen LogP contribution in [-0.2, 0) is 4.79 Å². The quantitative estimate of drug-likeness (QED) is 0.738. The van der Waals surface area contributed by atoms with Gasteiger partial charge in [-0.05, 0) is 24.6 Å². The van der Waals surface area contributed by atoms with E-state index in [1.54, 1.807) is 24.3 Å². The summed E-state index contributed by atoms with van der Waals surface area (Å²) in [6.07, 6.45) is 0. The number of benzene rings is 1. The fourth-order valence-electron chi connectivity index (χ4n) is 1.69. The van der Waals surface area contributed by atoms with Gasteiger partial charge in [0.1, 0.15) is 0 Å². The van der Waals surface area contributed by atoms with Crippen LogP contribution in [0.3, 0.4) is 0 Å². The number of amides is 1. The van der Waals surface area contributed by atoms with Gasteiger partial charge in [-0.2, -0.15) is 0 Å². The number of ketones is 1. The van der Waals surface area contributed by atoms with Crippen LogP contribution in [0, 0.1) is 0 Å². The number of halogens is 1. The molecule has 0 fully saturated rings. The average Bonchev–Trinajstić information content (AvgIpc) is 2.55. The minimum atomic E-state index is -0.487. The molecule has 16 heavy (non-hydrogen) atoms. The van der Waals surface area contributed by atoms with Gasteiger partial charge in [-0.1, -0.05) is 23.7 Å². The van der Waals surface area contributed by atoms with Gasteiger partial charge in [0.15, 0.2) is 0 Å². The fraction of sp³-hybridized carbons (Fsp3) is 0.167. The minimum Gasteiger partial charge on any atom is -0.301 e. The van der Waals surface area contributed by atoms with Crippen molar-refractivity contribution in [3.63, 3.8) is 0 Å². The van der Waals surface area contributed by atoms with Crippen LogP contribution in [0.25, 0.3) is 0 Å². The smallest absolute Gasteiger partial charge is 0.299 e. The SMILES string of the molecule is C/C(=C/Cl)CN1C(=O)C(=O)c2ccccc21. The van der Waals surface area contributed by atoms with Crippen LogP contribution in [0.1, 0.15) is 17.3 Å². The van der Waals surface area contributed by atoms with E-state index < -0.39 is 11.7 Å². The molecule has 3 nitrogen and oxygen atoms in total. The zero-order valence-corrected chi connectivity index (χ0v) is 9.49. The molecular formula is C12H10ClNO2. The highest BCUT2D eigenvalue weighted by Gasteiger charge is 2.35.